The first-order valence-corrected chi connectivity index (χ1v) is 21.7. The fraction of sp³-hybridized carbons (Fsp3) is 0.333. The van der Waals surface area contributed by atoms with E-state index in [1.165, 1.54) is 154 Å². The molecule has 0 amide bonds. The number of rotatable bonds is 8. The zero-order valence-electron chi connectivity index (χ0n) is 35.0. The second-order valence-corrected chi connectivity index (χ2v) is 17.5. The summed E-state index contributed by atoms with van der Waals surface area (Å²) in [7, 11) is 0. The first-order valence-electron chi connectivity index (χ1n) is 21.7. The molecule has 9 rings (SSSR count). The van der Waals surface area contributed by atoms with E-state index in [2.05, 4.69) is 166 Å². The minimum atomic E-state index is 0.684. The molecule has 57 heavy (non-hydrogen) atoms. The molecule has 0 bridgehead atoms. The Morgan fingerprint density at radius 1 is 0.368 bits per heavy atom. The first-order chi connectivity index (χ1) is 27.7. The van der Waals surface area contributed by atoms with Gasteiger partial charge in [-0.25, -0.2) is 0 Å². The summed E-state index contributed by atoms with van der Waals surface area (Å²) in [4.78, 5) is 8.70. The lowest BCUT2D eigenvalue weighted by Gasteiger charge is -2.28. The van der Waals surface area contributed by atoms with Crippen LogP contribution in [0.25, 0.3) is 21.8 Å². The number of nitrogens with one attached hydrogen (secondary N) is 1. The van der Waals surface area contributed by atoms with Crippen LogP contribution in [0.15, 0.2) is 109 Å². The highest BCUT2D eigenvalue weighted by Gasteiger charge is 2.22. The predicted octanol–water partition coefficient (Wildman–Crippen LogP) is 16.2. The number of hydrogen-bond acceptors (Lipinski definition) is 2. The van der Waals surface area contributed by atoms with E-state index in [-0.39, 0.29) is 0 Å². The van der Waals surface area contributed by atoms with E-state index >= 15 is 0 Å². The predicted molar refractivity (Wildman–Crippen MR) is 245 cm³/mol. The maximum absolute atomic E-state index is 3.77. The van der Waals surface area contributed by atoms with Gasteiger partial charge in [0.15, 0.2) is 0 Å². The minimum Gasteiger partial charge on any atom is -0.355 e. The Labute approximate surface area is 340 Å². The SMILES string of the molecule is Cc1cc(N(c2ccc(C3CCCCC3)cc2)c2ccc3[nH]c4ccc(N(c5ccc(C6CCCCC6)cc5)c5cc(C)c(C)c(C)c5)cc4c3c2)cc(C)c1C. The molecular formula is C54H59N3. The van der Waals surface area contributed by atoms with Crippen molar-refractivity contribution in [1.82, 2.24) is 4.98 Å². The first kappa shape index (κ1) is 37.3. The average molecular weight is 750 g/mol. The molecule has 290 valence electrons. The van der Waals surface area contributed by atoms with Gasteiger partial charge in [0.05, 0.1) is 0 Å². The molecule has 0 unspecified atom stereocenters. The number of hydrogen-bond donors (Lipinski definition) is 1. The van der Waals surface area contributed by atoms with E-state index in [0.717, 1.165) is 11.0 Å². The molecule has 0 aliphatic heterocycles. The summed E-state index contributed by atoms with van der Waals surface area (Å²) in [6, 6.07) is 42.4. The Kier molecular flexibility index (Phi) is 10.2. The molecule has 6 aromatic carbocycles. The van der Waals surface area contributed by atoms with Gasteiger partial charge in [-0.3, -0.25) is 0 Å². The lowest BCUT2D eigenvalue weighted by atomic mass is 9.84. The van der Waals surface area contributed by atoms with E-state index in [0.29, 0.717) is 11.8 Å². The summed E-state index contributed by atoms with van der Waals surface area (Å²) < 4.78 is 0. The molecule has 0 saturated heterocycles. The standard InChI is InChI=1S/C54H59N3/c1-35-29-49(30-36(2)39(35)5)56(45-21-17-43(18-22-45)41-13-9-7-10-14-41)47-25-27-53-51(33-47)52-34-48(26-28-54(52)55-53)57(50-31-37(3)40(6)38(4)32-50)46-23-19-44(20-24-46)42-15-11-8-12-16-42/h17-34,41-42,55H,7-16H2,1-6H3. The van der Waals surface area contributed by atoms with Crippen LogP contribution in [0.1, 0.15) is 121 Å². The van der Waals surface area contributed by atoms with Gasteiger partial charge < -0.3 is 14.8 Å². The molecule has 0 radical (unpaired) electrons. The number of aromatic nitrogens is 1. The summed E-state index contributed by atoms with van der Waals surface area (Å²) >= 11 is 0. The number of H-pyrrole nitrogens is 1. The van der Waals surface area contributed by atoms with Crippen LogP contribution >= 0.6 is 0 Å². The zero-order chi connectivity index (χ0) is 39.2. The molecule has 3 heteroatoms. The second kappa shape index (κ2) is 15.6. The van der Waals surface area contributed by atoms with Gasteiger partial charge in [-0.1, -0.05) is 62.8 Å². The third-order valence-electron chi connectivity index (χ3n) is 13.9. The monoisotopic (exact) mass is 749 g/mol. The molecule has 1 N–H and O–H groups in total. The van der Waals surface area contributed by atoms with E-state index in [9.17, 15) is 0 Å². The molecule has 2 fully saturated rings. The molecule has 7 aromatic rings. The molecule has 1 aromatic heterocycles. The van der Waals surface area contributed by atoms with Crippen LogP contribution in [0.5, 0.6) is 0 Å². The highest BCUT2D eigenvalue weighted by atomic mass is 15.1. The van der Waals surface area contributed by atoms with Crippen molar-refractivity contribution in [2.24, 2.45) is 0 Å². The van der Waals surface area contributed by atoms with Crippen LogP contribution in [0.3, 0.4) is 0 Å². The van der Waals surface area contributed by atoms with Crippen molar-refractivity contribution in [2.45, 2.75) is 118 Å². The van der Waals surface area contributed by atoms with Crippen LogP contribution in [0.4, 0.5) is 34.1 Å². The van der Waals surface area contributed by atoms with E-state index < -0.39 is 0 Å². The van der Waals surface area contributed by atoms with Crippen LogP contribution in [-0.2, 0) is 0 Å². The van der Waals surface area contributed by atoms with Crippen LogP contribution in [-0.4, -0.2) is 4.98 Å². The van der Waals surface area contributed by atoms with Gasteiger partial charge in [0.25, 0.3) is 0 Å². The van der Waals surface area contributed by atoms with Crippen molar-refractivity contribution in [3.63, 3.8) is 0 Å². The van der Waals surface area contributed by atoms with Crippen molar-refractivity contribution in [3.05, 3.63) is 154 Å². The van der Waals surface area contributed by atoms with Gasteiger partial charge in [-0.05, 0) is 208 Å². The molecule has 2 aliphatic rings. The number of benzene rings is 6. The van der Waals surface area contributed by atoms with Gasteiger partial charge in [-0.2, -0.15) is 0 Å². The van der Waals surface area contributed by atoms with Crippen molar-refractivity contribution < 1.29 is 0 Å². The Morgan fingerprint density at radius 3 is 1.05 bits per heavy atom. The van der Waals surface area contributed by atoms with E-state index in [1.54, 1.807) is 0 Å². The summed E-state index contributed by atoms with van der Waals surface area (Å²) in [6.45, 7) is 13.4. The van der Waals surface area contributed by atoms with Crippen molar-refractivity contribution in [3.8, 4) is 0 Å². The lowest BCUT2D eigenvalue weighted by molar-refractivity contribution is 0.443. The highest BCUT2D eigenvalue weighted by Crippen LogP contribution is 2.43. The van der Waals surface area contributed by atoms with Gasteiger partial charge >= 0.3 is 0 Å². The number of anilines is 6. The van der Waals surface area contributed by atoms with Crippen molar-refractivity contribution in [2.75, 3.05) is 9.80 Å². The van der Waals surface area contributed by atoms with Crippen LogP contribution in [0, 0.1) is 41.5 Å². The van der Waals surface area contributed by atoms with Gasteiger partial charge in [0.2, 0.25) is 0 Å². The smallest absolute Gasteiger partial charge is 0.0469 e. The number of fused-ring (bicyclic) bond motifs is 3. The molecule has 2 aliphatic carbocycles. The van der Waals surface area contributed by atoms with Crippen molar-refractivity contribution in [1.29, 1.82) is 0 Å². The molecule has 3 nitrogen and oxygen atoms in total. The fourth-order valence-corrected chi connectivity index (χ4v) is 9.99. The van der Waals surface area contributed by atoms with Crippen molar-refractivity contribution >= 4 is 55.9 Å². The Hall–Kier alpha value is -5.28. The third kappa shape index (κ3) is 7.27. The molecule has 2 saturated carbocycles. The molecule has 1 heterocycles. The Balaban J connectivity index is 1.16. The number of nitrogens with zero attached hydrogens (tertiary/aromatic N) is 2. The van der Waals surface area contributed by atoms with Crippen LogP contribution < -0.4 is 9.80 Å². The fourth-order valence-electron chi connectivity index (χ4n) is 9.99. The van der Waals surface area contributed by atoms with Gasteiger partial charge in [0.1, 0.15) is 0 Å². The average Bonchev–Trinajstić information content (AvgIpc) is 3.60. The number of aryl methyl sites for hydroxylation is 4. The lowest BCUT2D eigenvalue weighted by Crippen LogP contribution is -2.12. The number of aromatic amines is 1. The largest absolute Gasteiger partial charge is 0.355 e. The highest BCUT2D eigenvalue weighted by molar-refractivity contribution is 6.10. The maximum Gasteiger partial charge on any atom is 0.0469 e. The van der Waals surface area contributed by atoms with E-state index in [1.807, 2.05) is 0 Å². The maximum atomic E-state index is 3.77. The van der Waals surface area contributed by atoms with E-state index in [4.69, 9.17) is 0 Å². The molecule has 0 spiro atoms. The minimum absolute atomic E-state index is 0.684. The van der Waals surface area contributed by atoms with Gasteiger partial charge in [-0.15, -0.1) is 0 Å². The Bertz CT molecular complexity index is 2320. The summed E-state index contributed by atoms with van der Waals surface area (Å²) in [5.74, 6) is 1.37. The summed E-state index contributed by atoms with van der Waals surface area (Å²) in [5, 5.41) is 2.47. The molecular weight excluding hydrogens is 691 g/mol. The third-order valence-corrected chi connectivity index (χ3v) is 13.9. The van der Waals surface area contributed by atoms with Crippen LogP contribution in [0.2, 0.25) is 0 Å². The summed E-state index contributed by atoms with van der Waals surface area (Å²) in [5.41, 5.74) is 20.4. The van der Waals surface area contributed by atoms with Gasteiger partial charge in [0, 0.05) is 55.9 Å². The Morgan fingerprint density at radius 2 is 0.702 bits per heavy atom. The molecule has 0 atom stereocenters. The summed E-state index contributed by atoms with van der Waals surface area (Å²) in [6.07, 6.45) is 13.4. The normalized spacial score (nSPS) is 15.4. The second-order valence-electron chi connectivity index (χ2n) is 17.5. The quantitative estimate of drug-likeness (QED) is 0.167. The zero-order valence-corrected chi connectivity index (χ0v) is 35.0. The topological polar surface area (TPSA) is 22.3 Å².